The Morgan fingerprint density at radius 1 is 1.10 bits per heavy atom. The average molecular weight is 278 g/mol. The Kier molecular flexibility index (Phi) is 3.44. The Morgan fingerprint density at radius 2 is 1.86 bits per heavy atom. The van der Waals surface area contributed by atoms with Crippen LogP contribution < -0.4 is 0 Å². The normalized spacial score (nSPS) is 14.6. The quantitative estimate of drug-likeness (QED) is 0.707. The summed E-state index contributed by atoms with van der Waals surface area (Å²) in [6, 6.07) is 12.7. The van der Waals surface area contributed by atoms with Gasteiger partial charge < -0.3 is 0 Å². The van der Waals surface area contributed by atoms with Crippen LogP contribution >= 0.6 is 0 Å². The van der Waals surface area contributed by atoms with Crippen molar-refractivity contribution in [1.29, 1.82) is 0 Å². The summed E-state index contributed by atoms with van der Waals surface area (Å²) in [5.74, 6) is 0. The van der Waals surface area contributed by atoms with Crippen molar-refractivity contribution in [3.05, 3.63) is 58.7 Å². The van der Waals surface area contributed by atoms with E-state index >= 15 is 0 Å². The first-order chi connectivity index (χ1) is 10.1. The van der Waals surface area contributed by atoms with Crippen LogP contribution in [-0.4, -0.2) is 6.29 Å². The van der Waals surface area contributed by atoms with E-state index in [-0.39, 0.29) is 5.41 Å². The van der Waals surface area contributed by atoms with Gasteiger partial charge in [-0.2, -0.15) is 0 Å². The molecule has 0 saturated heterocycles. The molecule has 0 saturated carbocycles. The average Bonchev–Trinajstić information content (AvgIpc) is 2.75. The molecule has 0 amide bonds. The Hall–Kier alpha value is -1.89. The number of rotatable bonds is 4. The molecule has 1 aliphatic carbocycles. The van der Waals surface area contributed by atoms with Crippen molar-refractivity contribution in [3.63, 3.8) is 0 Å². The second-order valence-corrected chi connectivity index (χ2v) is 6.46. The second-order valence-electron chi connectivity index (χ2n) is 6.46. The van der Waals surface area contributed by atoms with E-state index in [0.29, 0.717) is 0 Å². The number of aryl methyl sites for hydroxylation is 1. The molecule has 0 atom stereocenters. The minimum absolute atomic E-state index is 0.0198. The predicted molar refractivity (Wildman–Crippen MR) is 88.0 cm³/mol. The molecule has 1 aliphatic rings. The second kappa shape index (κ2) is 5.14. The summed E-state index contributed by atoms with van der Waals surface area (Å²) < 4.78 is 0. The van der Waals surface area contributed by atoms with Gasteiger partial charge in [-0.3, -0.25) is 4.79 Å². The van der Waals surface area contributed by atoms with Gasteiger partial charge in [0, 0.05) is 11.0 Å². The van der Waals surface area contributed by atoms with Crippen molar-refractivity contribution in [2.75, 3.05) is 0 Å². The predicted octanol–water partition coefficient (Wildman–Crippen LogP) is 5.15. The lowest BCUT2D eigenvalue weighted by molar-refractivity contribution is 0.112. The van der Waals surface area contributed by atoms with Gasteiger partial charge in [0.05, 0.1) is 0 Å². The zero-order valence-electron chi connectivity index (χ0n) is 13.1. The zero-order chi connectivity index (χ0) is 15.0. The Balaban J connectivity index is 2.30. The molecule has 0 aromatic heterocycles. The fourth-order valence-corrected chi connectivity index (χ4v) is 3.72. The first-order valence-corrected chi connectivity index (χ1v) is 7.82. The van der Waals surface area contributed by atoms with Crippen LogP contribution in [0, 0.1) is 0 Å². The summed E-state index contributed by atoms with van der Waals surface area (Å²) in [5.41, 5.74) is 7.31. The molecule has 0 fully saturated rings. The summed E-state index contributed by atoms with van der Waals surface area (Å²) in [4.78, 5) is 11.5. The van der Waals surface area contributed by atoms with Gasteiger partial charge in [-0.15, -0.1) is 0 Å². The lowest BCUT2D eigenvalue weighted by Crippen LogP contribution is -2.17. The molecule has 1 heteroatoms. The van der Waals surface area contributed by atoms with Gasteiger partial charge in [0.25, 0.3) is 0 Å². The maximum Gasteiger partial charge on any atom is 0.150 e. The molecule has 0 bridgehead atoms. The fraction of sp³-hybridized carbons (Fsp3) is 0.350. The van der Waals surface area contributed by atoms with Crippen LogP contribution in [0.3, 0.4) is 0 Å². The van der Waals surface area contributed by atoms with E-state index < -0.39 is 0 Å². The molecule has 0 radical (unpaired) electrons. The van der Waals surface area contributed by atoms with Gasteiger partial charge in [-0.1, -0.05) is 63.6 Å². The van der Waals surface area contributed by atoms with Crippen LogP contribution in [0.1, 0.15) is 60.7 Å². The molecule has 0 spiro atoms. The number of carbonyl (C=O) groups is 1. The molecule has 2 aromatic rings. The SMILES string of the molecule is CCCCc1ccc(C=O)c2c1C(C)(C)c1ccccc1-2. The molecule has 3 rings (SSSR count). The summed E-state index contributed by atoms with van der Waals surface area (Å²) in [6.45, 7) is 6.78. The highest BCUT2D eigenvalue weighted by atomic mass is 16.1. The molecule has 21 heavy (non-hydrogen) atoms. The van der Waals surface area contributed by atoms with Crippen molar-refractivity contribution < 1.29 is 4.79 Å². The molecule has 1 nitrogen and oxygen atoms in total. The third-order valence-electron chi connectivity index (χ3n) is 4.75. The number of hydrogen-bond acceptors (Lipinski definition) is 1. The number of benzene rings is 2. The van der Waals surface area contributed by atoms with Gasteiger partial charge in [-0.25, -0.2) is 0 Å². The largest absolute Gasteiger partial charge is 0.298 e. The zero-order valence-corrected chi connectivity index (χ0v) is 13.1. The number of fused-ring (bicyclic) bond motifs is 3. The minimum Gasteiger partial charge on any atom is -0.298 e. The first-order valence-electron chi connectivity index (χ1n) is 7.82. The number of unbranched alkanes of at least 4 members (excludes halogenated alkanes) is 1. The van der Waals surface area contributed by atoms with Crippen molar-refractivity contribution in [2.24, 2.45) is 0 Å². The van der Waals surface area contributed by atoms with E-state index in [2.05, 4.69) is 51.1 Å². The smallest absolute Gasteiger partial charge is 0.150 e. The molecule has 2 aromatic carbocycles. The van der Waals surface area contributed by atoms with Crippen molar-refractivity contribution in [3.8, 4) is 11.1 Å². The number of carbonyl (C=O) groups excluding carboxylic acids is 1. The Bertz CT molecular complexity index is 695. The lowest BCUT2D eigenvalue weighted by Gasteiger charge is -2.24. The van der Waals surface area contributed by atoms with E-state index in [0.717, 1.165) is 18.3 Å². The standard InChI is InChI=1S/C20H22O/c1-4-5-8-14-11-12-15(13-21)18-16-9-6-7-10-17(16)20(2,3)19(14)18/h6-7,9-13H,4-5,8H2,1-3H3. The first kappa shape index (κ1) is 14.1. The van der Waals surface area contributed by atoms with Gasteiger partial charge >= 0.3 is 0 Å². The van der Waals surface area contributed by atoms with Crippen molar-refractivity contribution in [1.82, 2.24) is 0 Å². The summed E-state index contributed by atoms with van der Waals surface area (Å²) >= 11 is 0. The summed E-state index contributed by atoms with van der Waals surface area (Å²) in [6.07, 6.45) is 4.48. The van der Waals surface area contributed by atoms with E-state index in [1.807, 2.05) is 6.07 Å². The highest BCUT2D eigenvalue weighted by Crippen LogP contribution is 2.51. The van der Waals surface area contributed by atoms with Gasteiger partial charge in [-0.05, 0) is 40.7 Å². The molecular weight excluding hydrogens is 256 g/mol. The van der Waals surface area contributed by atoms with Crippen LogP contribution in [0.5, 0.6) is 0 Å². The van der Waals surface area contributed by atoms with E-state index in [1.165, 1.54) is 40.7 Å². The molecule has 0 N–H and O–H groups in total. The van der Waals surface area contributed by atoms with E-state index in [4.69, 9.17) is 0 Å². The third kappa shape index (κ3) is 2.03. The van der Waals surface area contributed by atoms with Crippen molar-refractivity contribution >= 4 is 6.29 Å². The minimum atomic E-state index is -0.0198. The molecule has 0 aliphatic heterocycles. The monoisotopic (exact) mass is 278 g/mol. The topological polar surface area (TPSA) is 17.1 Å². The number of hydrogen-bond donors (Lipinski definition) is 0. The van der Waals surface area contributed by atoms with Crippen LogP contribution in [0.25, 0.3) is 11.1 Å². The van der Waals surface area contributed by atoms with Gasteiger partial charge in [0.2, 0.25) is 0 Å². The summed E-state index contributed by atoms with van der Waals surface area (Å²) in [7, 11) is 0. The van der Waals surface area contributed by atoms with Gasteiger partial charge in [0.1, 0.15) is 0 Å². The maximum absolute atomic E-state index is 11.5. The maximum atomic E-state index is 11.5. The number of aldehydes is 1. The molecule has 0 unspecified atom stereocenters. The Morgan fingerprint density at radius 3 is 2.57 bits per heavy atom. The molecule has 108 valence electrons. The van der Waals surface area contributed by atoms with E-state index in [1.54, 1.807) is 0 Å². The molecular formula is C20H22O. The Labute approximate surface area is 127 Å². The third-order valence-corrected chi connectivity index (χ3v) is 4.75. The summed E-state index contributed by atoms with van der Waals surface area (Å²) in [5, 5.41) is 0. The van der Waals surface area contributed by atoms with Crippen LogP contribution in [-0.2, 0) is 11.8 Å². The fourth-order valence-electron chi connectivity index (χ4n) is 3.72. The lowest BCUT2D eigenvalue weighted by atomic mass is 9.79. The van der Waals surface area contributed by atoms with Crippen LogP contribution in [0.15, 0.2) is 36.4 Å². The molecule has 0 heterocycles. The highest BCUT2D eigenvalue weighted by molar-refractivity contribution is 5.94. The van der Waals surface area contributed by atoms with Crippen molar-refractivity contribution in [2.45, 2.75) is 45.4 Å². The van der Waals surface area contributed by atoms with Gasteiger partial charge in [0.15, 0.2) is 6.29 Å². The van der Waals surface area contributed by atoms with E-state index in [9.17, 15) is 4.79 Å². The van der Waals surface area contributed by atoms with Crippen LogP contribution in [0.4, 0.5) is 0 Å². The van der Waals surface area contributed by atoms with Crippen LogP contribution in [0.2, 0.25) is 0 Å². The highest BCUT2D eigenvalue weighted by Gasteiger charge is 2.38.